The fourth-order valence-electron chi connectivity index (χ4n) is 2.29. The molecule has 0 aliphatic rings. The lowest BCUT2D eigenvalue weighted by Gasteiger charge is -2.19. The molecular formula is C16H21NO5. The number of nitrogens with one attached hydrogen (secondary N) is 1. The number of esters is 2. The summed E-state index contributed by atoms with van der Waals surface area (Å²) in [6.45, 7) is 6.40. The van der Waals surface area contributed by atoms with Crippen molar-refractivity contribution in [3.05, 3.63) is 28.8 Å². The van der Waals surface area contributed by atoms with Gasteiger partial charge in [-0.1, -0.05) is 0 Å². The predicted molar refractivity (Wildman–Crippen MR) is 80.5 cm³/mol. The fraction of sp³-hybridized carbons (Fsp3) is 0.438. The highest BCUT2D eigenvalue weighted by Crippen LogP contribution is 2.23. The number of methoxy groups -OCH3 is 1. The van der Waals surface area contributed by atoms with Gasteiger partial charge < -0.3 is 14.8 Å². The Balaban J connectivity index is 3.06. The Kier molecular flexibility index (Phi) is 6.10. The molecule has 1 N–H and O–H groups in total. The second-order valence-electron chi connectivity index (χ2n) is 5.11. The molecule has 0 heterocycles. The van der Waals surface area contributed by atoms with Gasteiger partial charge in [-0.05, 0) is 42.7 Å². The summed E-state index contributed by atoms with van der Waals surface area (Å²) in [6, 6.07) is 2.71. The van der Waals surface area contributed by atoms with Crippen molar-refractivity contribution in [2.75, 3.05) is 7.11 Å². The number of amides is 1. The topological polar surface area (TPSA) is 81.7 Å². The van der Waals surface area contributed by atoms with Crippen molar-refractivity contribution in [2.45, 2.75) is 40.2 Å². The van der Waals surface area contributed by atoms with E-state index in [9.17, 15) is 14.4 Å². The molecule has 0 radical (unpaired) electrons. The van der Waals surface area contributed by atoms with Crippen molar-refractivity contribution in [3.8, 4) is 5.75 Å². The maximum atomic E-state index is 11.8. The summed E-state index contributed by atoms with van der Waals surface area (Å²) >= 11 is 0. The van der Waals surface area contributed by atoms with Gasteiger partial charge in [-0.2, -0.15) is 0 Å². The van der Waals surface area contributed by atoms with E-state index in [4.69, 9.17) is 9.47 Å². The van der Waals surface area contributed by atoms with E-state index in [0.29, 0.717) is 12.2 Å². The Morgan fingerprint density at radius 3 is 2.09 bits per heavy atom. The molecule has 0 unspecified atom stereocenters. The third-order valence-electron chi connectivity index (χ3n) is 3.20. The molecule has 6 heteroatoms. The number of hydrogen-bond donors (Lipinski definition) is 1. The van der Waals surface area contributed by atoms with Crippen LogP contribution in [-0.4, -0.2) is 31.0 Å². The van der Waals surface area contributed by atoms with E-state index in [1.807, 2.05) is 13.8 Å². The van der Waals surface area contributed by atoms with Crippen LogP contribution in [0.5, 0.6) is 5.75 Å². The van der Waals surface area contributed by atoms with Gasteiger partial charge in [0.15, 0.2) is 0 Å². The smallest absolute Gasteiger partial charge is 0.328 e. The Hall–Kier alpha value is -2.37. The average Bonchev–Trinajstić information content (AvgIpc) is 2.39. The molecule has 1 atom stereocenters. The molecule has 0 aliphatic heterocycles. The van der Waals surface area contributed by atoms with Gasteiger partial charge >= 0.3 is 11.9 Å². The molecule has 0 saturated heterocycles. The van der Waals surface area contributed by atoms with Crippen molar-refractivity contribution >= 4 is 17.8 Å². The van der Waals surface area contributed by atoms with Crippen LogP contribution < -0.4 is 10.1 Å². The molecule has 1 aromatic rings. The highest BCUT2D eigenvalue weighted by atomic mass is 16.5. The molecule has 0 fully saturated rings. The maximum absolute atomic E-state index is 11.8. The number of carbonyl (C=O) groups is 3. The van der Waals surface area contributed by atoms with Crippen LogP contribution in [0.15, 0.2) is 12.1 Å². The predicted octanol–water partition coefficient (Wildman–Crippen LogP) is 1.45. The Bertz CT molecular complexity index is 571. The van der Waals surface area contributed by atoms with Gasteiger partial charge in [0.05, 0.1) is 7.11 Å². The van der Waals surface area contributed by atoms with Crippen LogP contribution in [-0.2, 0) is 25.5 Å². The molecule has 0 saturated carbocycles. The standard InChI is InChI=1S/C16H21NO5/c1-9-6-13(22-12(4)19)7-10(2)14(9)8-15(16(20)21-5)17-11(3)18/h6-7,15H,8H2,1-5H3,(H,17,18)/t15-/m0/s1. The minimum atomic E-state index is -0.750. The van der Waals surface area contributed by atoms with Crippen LogP contribution in [0.3, 0.4) is 0 Å². The van der Waals surface area contributed by atoms with E-state index in [0.717, 1.165) is 16.7 Å². The fourth-order valence-corrected chi connectivity index (χ4v) is 2.29. The van der Waals surface area contributed by atoms with Gasteiger partial charge in [0.25, 0.3) is 0 Å². The van der Waals surface area contributed by atoms with Crippen molar-refractivity contribution in [3.63, 3.8) is 0 Å². The average molecular weight is 307 g/mol. The number of benzene rings is 1. The first kappa shape index (κ1) is 17.7. The van der Waals surface area contributed by atoms with Crippen LogP contribution in [0.25, 0.3) is 0 Å². The lowest BCUT2D eigenvalue weighted by atomic mass is 9.96. The van der Waals surface area contributed by atoms with E-state index < -0.39 is 18.0 Å². The lowest BCUT2D eigenvalue weighted by Crippen LogP contribution is -2.42. The number of carbonyl (C=O) groups excluding carboxylic acids is 3. The van der Waals surface area contributed by atoms with Crippen LogP contribution in [0.1, 0.15) is 30.5 Å². The summed E-state index contributed by atoms with van der Waals surface area (Å²) in [7, 11) is 1.28. The van der Waals surface area contributed by atoms with Crippen LogP contribution in [0.2, 0.25) is 0 Å². The number of hydrogen-bond acceptors (Lipinski definition) is 5. The van der Waals surface area contributed by atoms with Crippen LogP contribution >= 0.6 is 0 Å². The molecule has 120 valence electrons. The maximum Gasteiger partial charge on any atom is 0.328 e. The first-order chi connectivity index (χ1) is 10.2. The highest BCUT2D eigenvalue weighted by Gasteiger charge is 2.22. The van der Waals surface area contributed by atoms with Crippen LogP contribution in [0, 0.1) is 13.8 Å². The third-order valence-corrected chi connectivity index (χ3v) is 3.20. The van der Waals surface area contributed by atoms with E-state index in [2.05, 4.69) is 5.32 Å². The molecule has 1 amide bonds. The third kappa shape index (κ3) is 4.87. The van der Waals surface area contributed by atoms with Crippen molar-refractivity contribution < 1.29 is 23.9 Å². The van der Waals surface area contributed by atoms with Crippen molar-refractivity contribution in [1.82, 2.24) is 5.32 Å². The number of ether oxygens (including phenoxy) is 2. The summed E-state index contributed by atoms with van der Waals surface area (Å²) in [4.78, 5) is 34.0. The monoisotopic (exact) mass is 307 g/mol. The van der Waals surface area contributed by atoms with Gasteiger partial charge in [-0.15, -0.1) is 0 Å². The zero-order valence-corrected chi connectivity index (χ0v) is 13.5. The SMILES string of the molecule is COC(=O)[C@H](Cc1c(C)cc(OC(C)=O)cc1C)NC(C)=O. The molecule has 0 aliphatic carbocycles. The normalized spacial score (nSPS) is 11.5. The van der Waals surface area contributed by atoms with Crippen molar-refractivity contribution in [1.29, 1.82) is 0 Å². The first-order valence-corrected chi connectivity index (χ1v) is 6.88. The lowest BCUT2D eigenvalue weighted by molar-refractivity contribution is -0.144. The number of aryl methyl sites for hydroxylation is 2. The second-order valence-corrected chi connectivity index (χ2v) is 5.11. The minimum Gasteiger partial charge on any atom is -0.467 e. The van der Waals surface area contributed by atoms with Crippen LogP contribution in [0.4, 0.5) is 0 Å². The summed E-state index contributed by atoms with van der Waals surface area (Å²) < 4.78 is 9.79. The van der Waals surface area contributed by atoms with E-state index in [-0.39, 0.29) is 5.91 Å². The first-order valence-electron chi connectivity index (χ1n) is 6.88. The van der Waals surface area contributed by atoms with Gasteiger partial charge in [-0.25, -0.2) is 4.79 Å². The van der Waals surface area contributed by atoms with E-state index in [1.165, 1.54) is 21.0 Å². The molecule has 0 aromatic heterocycles. The molecule has 0 bridgehead atoms. The molecule has 22 heavy (non-hydrogen) atoms. The van der Waals surface area contributed by atoms with Gasteiger partial charge in [0.1, 0.15) is 11.8 Å². The van der Waals surface area contributed by atoms with Crippen molar-refractivity contribution in [2.24, 2.45) is 0 Å². The van der Waals surface area contributed by atoms with E-state index >= 15 is 0 Å². The molecule has 1 rings (SSSR count). The summed E-state index contributed by atoms with van der Waals surface area (Å²) in [6.07, 6.45) is 0.310. The highest BCUT2D eigenvalue weighted by molar-refractivity contribution is 5.83. The van der Waals surface area contributed by atoms with Gasteiger partial charge in [0, 0.05) is 20.3 Å². The molecular weight excluding hydrogens is 286 g/mol. The van der Waals surface area contributed by atoms with E-state index in [1.54, 1.807) is 12.1 Å². The minimum absolute atomic E-state index is 0.303. The summed E-state index contributed by atoms with van der Waals surface area (Å²) in [5, 5.41) is 2.58. The Morgan fingerprint density at radius 1 is 1.14 bits per heavy atom. The zero-order valence-electron chi connectivity index (χ0n) is 13.5. The zero-order chi connectivity index (χ0) is 16.9. The molecule has 0 spiro atoms. The quantitative estimate of drug-likeness (QED) is 0.657. The molecule has 1 aromatic carbocycles. The molecule has 6 nitrogen and oxygen atoms in total. The largest absolute Gasteiger partial charge is 0.467 e. The van der Waals surface area contributed by atoms with Gasteiger partial charge in [-0.3, -0.25) is 9.59 Å². The number of rotatable bonds is 5. The summed E-state index contributed by atoms with van der Waals surface area (Å²) in [5.41, 5.74) is 2.64. The summed E-state index contributed by atoms with van der Waals surface area (Å²) in [5.74, 6) is -0.738. The second kappa shape index (κ2) is 7.59. The Labute approximate surface area is 129 Å². The Morgan fingerprint density at radius 2 is 1.68 bits per heavy atom. The van der Waals surface area contributed by atoms with Gasteiger partial charge in [0.2, 0.25) is 5.91 Å².